The van der Waals surface area contributed by atoms with Crippen LogP contribution in [-0.4, -0.2) is 28.8 Å². The number of nitrogens with two attached hydrogens (primary N) is 1. The van der Waals surface area contributed by atoms with Gasteiger partial charge in [0.1, 0.15) is 0 Å². The molecule has 4 nitrogen and oxygen atoms in total. The first-order chi connectivity index (χ1) is 6.94. The van der Waals surface area contributed by atoms with Crippen LogP contribution in [0.3, 0.4) is 0 Å². The van der Waals surface area contributed by atoms with Crippen LogP contribution in [0.4, 0.5) is 0 Å². The van der Waals surface area contributed by atoms with Gasteiger partial charge < -0.3 is 5.73 Å². The second-order valence-corrected chi connectivity index (χ2v) is 5.71. The molecule has 82 valence electrons. The molecule has 4 heteroatoms. The smallest absolute Gasteiger partial charge is 0.233 e. The Kier molecular flexibility index (Phi) is 1.51. The predicted molar refractivity (Wildman–Crippen MR) is 53.6 cm³/mol. The summed E-state index contributed by atoms with van der Waals surface area (Å²) in [7, 11) is 0. The molecule has 2 atom stereocenters. The molecular formula is C11H16N2O2. The number of imide groups is 1. The van der Waals surface area contributed by atoms with Crippen molar-refractivity contribution in [3.8, 4) is 0 Å². The van der Waals surface area contributed by atoms with Crippen LogP contribution in [0.15, 0.2) is 0 Å². The molecule has 15 heavy (non-hydrogen) atoms. The maximum absolute atomic E-state index is 12.0. The maximum Gasteiger partial charge on any atom is 0.233 e. The molecule has 0 spiro atoms. The lowest BCUT2D eigenvalue weighted by atomic mass is 9.85. The Morgan fingerprint density at radius 2 is 1.67 bits per heavy atom. The molecule has 3 fully saturated rings. The molecule has 2 N–H and O–H groups in total. The highest BCUT2D eigenvalue weighted by Crippen LogP contribution is 2.64. The van der Waals surface area contributed by atoms with Gasteiger partial charge >= 0.3 is 0 Å². The minimum atomic E-state index is -0.0868. The fourth-order valence-corrected chi connectivity index (χ4v) is 3.17. The zero-order chi connectivity index (χ0) is 11.0. The lowest BCUT2D eigenvalue weighted by molar-refractivity contribution is -0.148. The minimum absolute atomic E-state index is 0.0400. The van der Waals surface area contributed by atoms with Crippen molar-refractivity contribution in [1.82, 2.24) is 4.90 Å². The van der Waals surface area contributed by atoms with Gasteiger partial charge in [-0.1, -0.05) is 13.8 Å². The van der Waals surface area contributed by atoms with Crippen LogP contribution in [0.1, 0.15) is 26.7 Å². The molecule has 0 aromatic heterocycles. The van der Waals surface area contributed by atoms with Gasteiger partial charge in [0.05, 0.1) is 11.8 Å². The molecule has 0 aromatic rings. The summed E-state index contributed by atoms with van der Waals surface area (Å²) < 4.78 is 0. The van der Waals surface area contributed by atoms with Gasteiger partial charge in [-0.15, -0.1) is 0 Å². The van der Waals surface area contributed by atoms with E-state index in [2.05, 4.69) is 0 Å². The molecule has 0 aromatic carbocycles. The van der Waals surface area contributed by atoms with Gasteiger partial charge in [0, 0.05) is 12.1 Å². The third-order valence-corrected chi connectivity index (χ3v) is 4.35. The fourth-order valence-electron chi connectivity index (χ4n) is 3.17. The number of rotatable bonds is 1. The van der Waals surface area contributed by atoms with Crippen molar-refractivity contribution in [3.63, 3.8) is 0 Å². The zero-order valence-corrected chi connectivity index (χ0v) is 9.06. The van der Waals surface area contributed by atoms with Crippen LogP contribution < -0.4 is 5.73 Å². The van der Waals surface area contributed by atoms with Crippen LogP contribution in [0.2, 0.25) is 0 Å². The third-order valence-electron chi connectivity index (χ3n) is 4.35. The molecular weight excluding hydrogens is 192 g/mol. The van der Waals surface area contributed by atoms with Crippen LogP contribution in [-0.2, 0) is 9.59 Å². The summed E-state index contributed by atoms with van der Waals surface area (Å²) in [5, 5.41) is 0. The molecule has 1 aliphatic heterocycles. The molecule has 2 unspecified atom stereocenters. The topological polar surface area (TPSA) is 63.4 Å². The Morgan fingerprint density at radius 1 is 1.20 bits per heavy atom. The number of nitrogens with zero attached hydrogens (tertiary/aromatic N) is 1. The van der Waals surface area contributed by atoms with Gasteiger partial charge in [-0.05, 0) is 18.3 Å². The number of carbonyl (C=O) groups is 2. The second kappa shape index (κ2) is 2.43. The van der Waals surface area contributed by atoms with Crippen LogP contribution in [0.5, 0.6) is 0 Å². The van der Waals surface area contributed by atoms with Crippen molar-refractivity contribution < 1.29 is 9.59 Å². The number of piperidine rings is 1. The van der Waals surface area contributed by atoms with Gasteiger partial charge in [-0.25, -0.2) is 0 Å². The summed E-state index contributed by atoms with van der Waals surface area (Å²) in [6, 6.07) is 0.282. The Balaban J connectivity index is 1.80. The monoisotopic (exact) mass is 208 g/mol. The second-order valence-electron chi connectivity index (χ2n) is 5.71. The van der Waals surface area contributed by atoms with Crippen molar-refractivity contribution in [2.45, 2.75) is 38.8 Å². The predicted octanol–water partition coefficient (Wildman–Crippen LogP) is 0.117. The van der Waals surface area contributed by atoms with Gasteiger partial charge in [-0.2, -0.15) is 0 Å². The summed E-state index contributed by atoms with van der Waals surface area (Å²) in [6.45, 7) is 4.00. The van der Waals surface area contributed by atoms with Gasteiger partial charge in [0.15, 0.2) is 0 Å². The highest BCUT2D eigenvalue weighted by atomic mass is 16.2. The lowest BCUT2D eigenvalue weighted by Gasteiger charge is -2.39. The van der Waals surface area contributed by atoms with E-state index in [-0.39, 0.29) is 41.1 Å². The summed E-state index contributed by atoms with van der Waals surface area (Å²) >= 11 is 0. The van der Waals surface area contributed by atoms with Crippen LogP contribution in [0, 0.1) is 17.3 Å². The van der Waals surface area contributed by atoms with E-state index in [9.17, 15) is 9.59 Å². The molecule has 2 amide bonds. The highest BCUT2D eigenvalue weighted by Gasteiger charge is 2.73. The molecule has 1 saturated heterocycles. The first-order valence-electron chi connectivity index (χ1n) is 5.57. The average molecular weight is 208 g/mol. The number of likely N-dealkylation sites (tertiary alicyclic amines) is 1. The van der Waals surface area contributed by atoms with Crippen molar-refractivity contribution in [1.29, 1.82) is 0 Å². The van der Waals surface area contributed by atoms with Gasteiger partial charge in [0.25, 0.3) is 0 Å². The van der Waals surface area contributed by atoms with E-state index in [4.69, 9.17) is 5.73 Å². The highest BCUT2D eigenvalue weighted by molar-refractivity contribution is 6.10. The molecule has 0 bridgehead atoms. The molecule has 0 radical (unpaired) electrons. The average Bonchev–Trinajstić information content (AvgIpc) is 2.53. The van der Waals surface area contributed by atoms with E-state index in [1.165, 1.54) is 4.90 Å². The van der Waals surface area contributed by atoms with Gasteiger partial charge in [0.2, 0.25) is 11.8 Å². The van der Waals surface area contributed by atoms with Crippen molar-refractivity contribution in [3.05, 3.63) is 0 Å². The SMILES string of the molecule is CC1(C)C2C(=O)N(C3CC(N)C3)C(=O)C21. The molecule has 1 heterocycles. The zero-order valence-electron chi connectivity index (χ0n) is 9.06. The number of fused-ring (bicyclic) bond motifs is 1. The summed E-state index contributed by atoms with van der Waals surface area (Å²) in [4.78, 5) is 25.4. The van der Waals surface area contributed by atoms with E-state index in [1.807, 2.05) is 13.8 Å². The normalized spacial score (nSPS) is 46.5. The molecule has 3 aliphatic rings. The minimum Gasteiger partial charge on any atom is -0.328 e. The summed E-state index contributed by atoms with van der Waals surface area (Å²) in [5.41, 5.74) is 5.59. The summed E-state index contributed by atoms with van der Waals surface area (Å²) in [5.74, 6) is 0.0162. The number of carbonyl (C=O) groups excluding carboxylic acids is 2. The number of amides is 2. The van der Waals surface area contributed by atoms with Crippen molar-refractivity contribution in [2.24, 2.45) is 23.0 Å². The van der Waals surface area contributed by atoms with Gasteiger partial charge in [-0.3, -0.25) is 14.5 Å². The fraction of sp³-hybridized carbons (Fsp3) is 0.818. The maximum atomic E-state index is 12.0. The van der Waals surface area contributed by atoms with Crippen LogP contribution in [0.25, 0.3) is 0 Å². The third kappa shape index (κ3) is 0.956. The Labute approximate surface area is 88.8 Å². The van der Waals surface area contributed by atoms with E-state index < -0.39 is 0 Å². The van der Waals surface area contributed by atoms with Crippen LogP contribution >= 0.6 is 0 Å². The van der Waals surface area contributed by atoms with E-state index >= 15 is 0 Å². The molecule has 2 aliphatic carbocycles. The lowest BCUT2D eigenvalue weighted by Crippen LogP contribution is -2.54. The number of hydrogen-bond acceptors (Lipinski definition) is 3. The first-order valence-corrected chi connectivity index (χ1v) is 5.57. The largest absolute Gasteiger partial charge is 0.328 e. The quantitative estimate of drug-likeness (QED) is 0.622. The van der Waals surface area contributed by atoms with E-state index in [0.29, 0.717) is 0 Å². The Morgan fingerprint density at radius 3 is 2.07 bits per heavy atom. The first kappa shape index (κ1) is 9.33. The Hall–Kier alpha value is -0.900. The number of hydrogen-bond donors (Lipinski definition) is 1. The van der Waals surface area contributed by atoms with E-state index in [0.717, 1.165) is 12.8 Å². The molecule has 3 rings (SSSR count). The van der Waals surface area contributed by atoms with Crippen molar-refractivity contribution in [2.75, 3.05) is 0 Å². The van der Waals surface area contributed by atoms with E-state index in [1.54, 1.807) is 0 Å². The van der Waals surface area contributed by atoms with Crippen molar-refractivity contribution >= 4 is 11.8 Å². The standard InChI is InChI=1S/C11H16N2O2/c1-11(2)7-8(11)10(15)13(9(7)14)6-3-5(12)4-6/h5-8H,3-4,12H2,1-2H3. The Bertz CT molecular complexity index is 334. The molecule has 2 saturated carbocycles. The summed E-state index contributed by atoms with van der Waals surface area (Å²) in [6.07, 6.45) is 1.58.